The predicted molar refractivity (Wildman–Crippen MR) is 86.3 cm³/mol. The molecule has 0 aliphatic rings. The topological polar surface area (TPSA) is 46.2 Å². The van der Waals surface area contributed by atoms with Gasteiger partial charge < -0.3 is 5.32 Å². The Kier molecular flexibility index (Phi) is 7.56. The Balaban J connectivity index is 2.68. The second kappa shape index (κ2) is 8.65. The van der Waals surface area contributed by atoms with Gasteiger partial charge in [-0.15, -0.1) is 0 Å². The van der Waals surface area contributed by atoms with E-state index in [0.29, 0.717) is 6.42 Å². The Morgan fingerprint density at radius 3 is 2.55 bits per heavy atom. The lowest BCUT2D eigenvalue weighted by Gasteiger charge is -2.19. The molecule has 0 radical (unpaired) electrons. The van der Waals surface area contributed by atoms with Gasteiger partial charge in [0.1, 0.15) is 9.84 Å². The van der Waals surface area contributed by atoms with Crippen LogP contribution in [-0.2, 0) is 9.84 Å². The van der Waals surface area contributed by atoms with Gasteiger partial charge in [0.05, 0.1) is 5.75 Å². The highest BCUT2D eigenvalue weighted by atomic mass is 35.5. The van der Waals surface area contributed by atoms with E-state index < -0.39 is 9.84 Å². The van der Waals surface area contributed by atoms with E-state index in [4.69, 9.17) is 11.6 Å². The van der Waals surface area contributed by atoms with Crippen molar-refractivity contribution >= 4 is 21.4 Å². The number of halogens is 1. The summed E-state index contributed by atoms with van der Waals surface area (Å²) in [5, 5.41) is 4.09. The van der Waals surface area contributed by atoms with E-state index in [1.807, 2.05) is 24.3 Å². The number of hydrogen-bond donors (Lipinski definition) is 1. The van der Waals surface area contributed by atoms with Gasteiger partial charge in [-0.05, 0) is 36.9 Å². The van der Waals surface area contributed by atoms with Crippen LogP contribution < -0.4 is 5.32 Å². The number of rotatable bonds is 9. The third-order valence-corrected chi connectivity index (χ3v) is 5.57. The second-order valence-electron chi connectivity index (χ2n) is 4.90. The van der Waals surface area contributed by atoms with Crippen LogP contribution >= 0.6 is 11.6 Å². The van der Waals surface area contributed by atoms with E-state index in [0.717, 1.165) is 30.1 Å². The molecule has 1 atom stereocenters. The lowest BCUT2D eigenvalue weighted by molar-refractivity contribution is 0.548. The van der Waals surface area contributed by atoms with E-state index in [1.54, 1.807) is 6.92 Å². The maximum atomic E-state index is 11.6. The standard InChI is InChI=1S/C15H24ClNO2S/c1-3-17-12-13(8-7-11-20(18,19)4-2)14-9-5-6-10-15(14)16/h5-6,9-10,13,17H,3-4,7-8,11-12H2,1-2H3. The molecule has 0 aromatic heterocycles. The Hall–Kier alpha value is -0.580. The van der Waals surface area contributed by atoms with E-state index in [1.165, 1.54) is 0 Å². The highest BCUT2D eigenvalue weighted by Gasteiger charge is 2.15. The Labute approximate surface area is 127 Å². The molecule has 1 unspecified atom stereocenters. The second-order valence-corrected chi connectivity index (χ2v) is 7.78. The molecule has 114 valence electrons. The predicted octanol–water partition coefficient (Wildman–Crippen LogP) is 3.25. The molecule has 0 aliphatic carbocycles. The van der Waals surface area contributed by atoms with Gasteiger partial charge in [-0.25, -0.2) is 8.42 Å². The van der Waals surface area contributed by atoms with E-state index in [-0.39, 0.29) is 17.4 Å². The van der Waals surface area contributed by atoms with E-state index in [2.05, 4.69) is 12.2 Å². The van der Waals surface area contributed by atoms with Crippen molar-refractivity contribution in [3.8, 4) is 0 Å². The molecule has 1 rings (SSSR count). The Bertz CT molecular complexity index is 502. The van der Waals surface area contributed by atoms with E-state index >= 15 is 0 Å². The van der Waals surface area contributed by atoms with Gasteiger partial charge in [0.15, 0.2) is 0 Å². The smallest absolute Gasteiger partial charge is 0.150 e. The largest absolute Gasteiger partial charge is 0.316 e. The SMILES string of the molecule is CCNCC(CCCS(=O)(=O)CC)c1ccccc1Cl. The number of benzene rings is 1. The summed E-state index contributed by atoms with van der Waals surface area (Å²) < 4.78 is 23.1. The molecular formula is C15H24ClNO2S. The third kappa shape index (κ3) is 5.81. The molecule has 0 saturated heterocycles. The van der Waals surface area contributed by atoms with Gasteiger partial charge in [-0.3, -0.25) is 0 Å². The quantitative estimate of drug-likeness (QED) is 0.760. The highest BCUT2D eigenvalue weighted by Crippen LogP contribution is 2.27. The molecule has 1 aromatic rings. The van der Waals surface area contributed by atoms with Crippen molar-refractivity contribution in [2.75, 3.05) is 24.6 Å². The van der Waals surface area contributed by atoms with Crippen LogP contribution in [0.2, 0.25) is 5.02 Å². The summed E-state index contributed by atoms with van der Waals surface area (Å²) in [6.45, 7) is 5.48. The number of likely N-dealkylation sites (N-methyl/N-ethyl adjacent to an activating group) is 1. The van der Waals surface area contributed by atoms with Crippen molar-refractivity contribution in [2.24, 2.45) is 0 Å². The minimum Gasteiger partial charge on any atom is -0.316 e. The molecule has 0 spiro atoms. The summed E-state index contributed by atoms with van der Waals surface area (Å²) in [7, 11) is -2.88. The molecule has 5 heteroatoms. The Morgan fingerprint density at radius 2 is 1.95 bits per heavy atom. The zero-order chi connectivity index (χ0) is 15.0. The molecule has 3 nitrogen and oxygen atoms in total. The van der Waals surface area contributed by atoms with Crippen LogP contribution in [-0.4, -0.2) is 33.0 Å². The first-order valence-electron chi connectivity index (χ1n) is 7.15. The number of sulfone groups is 1. The van der Waals surface area contributed by atoms with Gasteiger partial charge in [0, 0.05) is 17.3 Å². The molecule has 0 aliphatic heterocycles. The summed E-state index contributed by atoms with van der Waals surface area (Å²) in [5.41, 5.74) is 1.10. The normalized spacial score (nSPS) is 13.3. The number of hydrogen-bond acceptors (Lipinski definition) is 3. The molecule has 1 N–H and O–H groups in total. The van der Waals surface area contributed by atoms with Crippen molar-refractivity contribution in [3.63, 3.8) is 0 Å². The van der Waals surface area contributed by atoms with Crippen molar-refractivity contribution in [1.29, 1.82) is 0 Å². The number of nitrogens with one attached hydrogen (secondary N) is 1. The monoisotopic (exact) mass is 317 g/mol. The first-order chi connectivity index (χ1) is 9.50. The average molecular weight is 318 g/mol. The van der Waals surface area contributed by atoms with Gasteiger partial charge in [-0.1, -0.05) is 43.6 Å². The first kappa shape index (κ1) is 17.5. The van der Waals surface area contributed by atoms with Crippen LogP contribution in [0.5, 0.6) is 0 Å². The lowest BCUT2D eigenvalue weighted by atomic mass is 9.94. The fourth-order valence-corrected chi connectivity index (χ4v) is 3.37. The molecule has 0 fully saturated rings. The van der Waals surface area contributed by atoms with Gasteiger partial charge in [0.2, 0.25) is 0 Å². The van der Waals surface area contributed by atoms with Crippen LogP contribution in [0.15, 0.2) is 24.3 Å². The van der Waals surface area contributed by atoms with Crippen LogP contribution in [0.3, 0.4) is 0 Å². The molecule has 20 heavy (non-hydrogen) atoms. The van der Waals surface area contributed by atoms with Gasteiger partial charge in [-0.2, -0.15) is 0 Å². The summed E-state index contributed by atoms with van der Waals surface area (Å²) in [6.07, 6.45) is 1.51. The Morgan fingerprint density at radius 1 is 1.25 bits per heavy atom. The summed E-state index contributed by atoms with van der Waals surface area (Å²) in [6, 6.07) is 7.80. The summed E-state index contributed by atoms with van der Waals surface area (Å²) in [5.74, 6) is 0.740. The van der Waals surface area contributed by atoms with Crippen LogP contribution in [0.4, 0.5) is 0 Å². The first-order valence-corrected chi connectivity index (χ1v) is 9.35. The van der Waals surface area contributed by atoms with Crippen LogP contribution in [0, 0.1) is 0 Å². The zero-order valence-corrected chi connectivity index (χ0v) is 13.8. The lowest BCUT2D eigenvalue weighted by Crippen LogP contribution is -2.22. The molecule has 0 amide bonds. The summed E-state index contributed by atoms with van der Waals surface area (Å²) >= 11 is 6.25. The minimum absolute atomic E-state index is 0.219. The van der Waals surface area contributed by atoms with Crippen LogP contribution in [0.25, 0.3) is 0 Å². The van der Waals surface area contributed by atoms with Gasteiger partial charge in [0.25, 0.3) is 0 Å². The minimum atomic E-state index is -2.88. The van der Waals surface area contributed by atoms with Crippen molar-refractivity contribution in [2.45, 2.75) is 32.6 Å². The molecular weight excluding hydrogens is 294 g/mol. The van der Waals surface area contributed by atoms with Crippen LogP contribution in [0.1, 0.15) is 38.2 Å². The maximum Gasteiger partial charge on any atom is 0.150 e. The molecule has 0 saturated carbocycles. The van der Waals surface area contributed by atoms with Gasteiger partial charge >= 0.3 is 0 Å². The van der Waals surface area contributed by atoms with Crippen molar-refractivity contribution < 1.29 is 8.42 Å². The highest BCUT2D eigenvalue weighted by molar-refractivity contribution is 7.91. The summed E-state index contributed by atoms with van der Waals surface area (Å²) in [4.78, 5) is 0. The average Bonchev–Trinajstić information content (AvgIpc) is 2.43. The molecule has 0 bridgehead atoms. The van der Waals surface area contributed by atoms with E-state index in [9.17, 15) is 8.42 Å². The van der Waals surface area contributed by atoms with Crippen molar-refractivity contribution in [1.82, 2.24) is 5.32 Å². The maximum absolute atomic E-state index is 11.6. The fraction of sp³-hybridized carbons (Fsp3) is 0.600. The molecule has 0 heterocycles. The third-order valence-electron chi connectivity index (χ3n) is 3.43. The fourth-order valence-electron chi connectivity index (χ4n) is 2.19. The van der Waals surface area contributed by atoms with Crippen molar-refractivity contribution in [3.05, 3.63) is 34.9 Å². The molecule has 1 aromatic carbocycles. The zero-order valence-electron chi connectivity index (χ0n) is 12.2.